The van der Waals surface area contributed by atoms with Crippen LogP contribution in [0.2, 0.25) is 5.02 Å². The molecular weight excluding hydrogens is 476 g/mol. The normalized spacial score (nSPS) is 20.3. The fourth-order valence-corrected chi connectivity index (χ4v) is 5.39. The molecule has 0 saturated heterocycles. The molecule has 6 nitrogen and oxygen atoms in total. The molecule has 7 heteroatoms. The molecule has 0 unspecified atom stereocenters. The lowest BCUT2D eigenvalue weighted by Crippen LogP contribution is -2.30. The van der Waals surface area contributed by atoms with Gasteiger partial charge < -0.3 is 19.6 Å². The molecule has 0 saturated carbocycles. The van der Waals surface area contributed by atoms with E-state index in [0.717, 1.165) is 86.5 Å². The van der Waals surface area contributed by atoms with E-state index in [4.69, 9.17) is 16.3 Å². The summed E-state index contributed by atoms with van der Waals surface area (Å²) in [7, 11) is 1.77. The van der Waals surface area contributed by atoms with E-state index in [9.17, 15) is 14.7 Å². The van der Waals surface area contributed by atoms with Crippen molar-refractivity contribution in [3.8, 4) is 5.75 Å². The Hall–Kier alpha value is -2.73. The van der Waals surface area contributed by atoms with Gasteiger partial charge >= 0.3 is 5.97 Å². The van der Waals surface area contributed by atoms with Gasteiger partial charge in [0.25, 0.3) is 0 Å². The number of benzene rings is 2. The summed E-state index contributed by atoms with van der Waals surface area (Å²) in [5.41, 5.74) is 3.91. The van der Waals surface area contributed by atoms with Crippen LogP contribution < -0.4 is 9.64 Å². The summed E-state index contributed by atoms with van der Waals surface area (Å²) in [6, 6.07) is 11.6. The number of fused-ring (bicyclic) bond motifs is 2. The molecule has 0 aromatic heterocycles. The van der Waals surface area contributed by atoms with Gasteiger partial charge in [-0.2, -0.15) is 0 Å². The molecule has 2 aromatic carbocycles. The highest BCUT2D eigenvalue weighted by atomic mass is 35.5. The van der Waals surface area contributed by atoms with Gasteiger partial charge in [0.15, 0.2) is 0 Å². The molecule has 0 radical (unpaired) electrons. The standard InChI is InChI=1S/C29H37ClN2O4/c1-31-14-6-3-2-4-7-15-32-16-8-5-9-21-17-24(30)12-10-23(21)20-36-27-13-11-22(18-26(27)32)25(29(34)35)19-28(31)33/h10-13,17-18,25H,2-9,14-16,19-20H2,1H3,(H,34,35)/t25-/m0/s1. The predicted molar refractivity (Wildman–Crippen MR) is 143 cm³/mol. The zero-order valence-corrected chi connectivity index (χ0v) is 21.9. The maximum atomic E-state index is 12.8. The molecule has 4 rings (SSSR count). The second-order valence-corrected chi connectivity index (χ2v) is 10.5. The van der Waals surface area contributed by atoms with E-state index in [-0.39, 0.29) is 12.3 Å². The molecule has 2 aliphatic rings. The summed E-state index contributed by atoms with van der Waals surface area (Å²) in [6.45, 7) is 2.87. The molecule has 1 amide bonds. The Kier molecular flexibility index (Phi) is 9.13. The number of carbonyl (C=O) groups excluding carboxylic acids is 1. The van der Waals surface area contributed by atoms with E-state index < -0.39 is 11.9 Å². The predicted octanol–water partition coefficient (Wildman–Crippen LogP) is 6.04. The van der Waals surface area contributed by atoms with E-state index >= 15 is 0 Å². The number of amides is 1. The molecule has 0 spiro atoms. The number of aliphatic carboxylic acids is 1. The minimum atomic E-state index is -0.976. The summed E-state index contributed by atoms with van der Waals surface area (Å²) in [6.07, 6.45) is 8.31. The lowest BCUT2D eigenvalue weighted by atomic mass is 9.94. The van der Waals surface area contributed by atoms with Crippen molar-refractivity contribution in [2.45, 2.75) is 70.3 Å². The maximum absolute atomic E-state index is 12.8. The van der Waals surface area contributed by atoms with Crippen molar-refractivity contribution in [2.24, 2.45) is 0 Å². The van der Waals surface area contributed by atoms with Gasteiger partial charge in [0.1, 0.15) is 12.4 Å². The summed E-state index contributed by atoms with van der Waals surface area (Å²) >= 11 is 6.27. The van der Waals surface area contributed by atoms with Crippen LogP contribution in [0.15, 0.2) is 36.4 Å². The highest BCUT2D eigenvalue weighted by molar-refractivity contribution is 6.30. The van der Waals surface area contributed by atoms with Crippen molar-refractivity contribution < 1.29 is 19.4 Å². The fraction of sp³-hybridized carbons (Fsp3) is 0.517. The first-order valence-corrected chi connectivity index (χ1v) is 13.6. The molecular formula is C29H37ClN2O4. The number of carboxylic acid groups (broad SMARTS) is 1. The molecule has 2 aliphatic heterocycles. The van der Waals surface area contributed by atoms with Crippen LogP contribution in [0.3, 0.4) is 0 Å². The zero-order valence-electron chi connectivity index (χ0n) is 21.2. The van der Waals surface area contributed by atoms with Gasteiger partial charge in [0.05, 0.1) is 11.6 Å². The molecule has 1 N–H and O–H groups in total. The van der Waals surface area contributed by atoms with Crippen molar-refractivity contribution >= 4 is 29.2 Å². The van der Waals surface area contributed by atoms with Crippen LogP contribution in [-0.2, 0) is 22.6 Å². The quantitative estimate of drug-likeness (QED) is 0.504. The van der Waals surface area contributed by atoms with Gasteiger partial charge in [-0.05, 0) is 73.1 Å². The van der Waals surface area contributed by atoms with E-state index in [2.05, 4.69) is 4.90 Å². The van der Waals surface area contributed by atoms with Crippen molar-refractivity contribution in [2.75, 3.05) is 31.6 Å². The van der Waals surface area contributed by atoms with Crippen molar-refractivity contribution in [3.05, 3.63) is 58.1 Å². The van der Waals surface area contributed by atoms with Crippen LogP contribution >= 0.6 is 11.6 Å². The summed E-state index contributed by atoms with van der Waals surface area (Å²) < 4.78 is 6.36. The first-order chi connectivity index (χ1) is 17.4. The monoisotopic (exact) mass is 512 g/mol. The number of hydrogen-bond donors (Lipinski definition) is 1. The minimum absolute atomic E-state index is 0.0421. The molecule has 36 heavy (non-hydrogen) atoms. The van der Waals surface area contributed by atoms with Crippen molar-refractivity contribution in [1.29, 1.82) is 0 Å². The third-order valence-electron chi connectivity index (χ3n) is 7.43. The average molecular weight is 513 g/mol. The Morgan fingerprint density at radius 1 is 0.944 bits per heavy atom. The number of rotatable bonds is 1. The van der Waals surface area contributed by atoms with Crippen LogP contribution in [-0.4, -0.2) is 48.6 Å². The lowest BCUT2D eigenvalue weighted by molar-refractivity contribution is -0.142. The summed E-state index contributed by atoms with van der Waals surface area (Å²) in [5.74, 6) is -1.25. The van der Waals surface area contributed by atoms with Crippen molar-refractivity contribution in [3.63, 3.8) is 0 Å². The molecule has 0 fully saturated rings. The second-order valence-electron chi connectivity index (χ2n) is 10.1. The molecule has 194 valence electrons. The SMILES string of the molecule is CN1CCCCCCCN2CCCCc3cc(Cl)ccc3COc3ccc(cc32)[C@@H](C(=O)O)CC1=O. The number of nitrogens with zero attached hydrogens (tertiary/aromatic N) is 2. The zero-order chi connectivity index (χ0) is 25.5. The molecule has 0 aliphatic carbocycles. The Morgan fingerprint density at radius 2 is 1.67 bits per heavy atom. The molecule has 2 heterocycles. The van der Waals surface area contributed by atoms with Crippen LogP contribution in [0, 0.1) is 0 Å². The van der Waals surface area contributed by atoms with Gasteiger partial charge in [-0.3, -0.25) is 9.59 Å². The number of carboxylic acids is 1. The summed E-state index contributed by atoms with van der Waals surface area (Å²) in [4.78, 5) is 29.1. The highest BCUT2D eigenvalue weighted by Crippen LogP contribution is 2.36. The minimum Gasteiger partial charge on any atom is -0.487 e. The lowest BCUT2D eigenvalue weighted by Gasteiger charge is -2.28. The first-order valence-electron chi connectivity index (χ1n) is 13.2. The van der Waals surface area contributed by atoms with E-state index in [0.29, 0.717) is 18.7 Å². The maximum Gasteiger partial charge on any atom is 0.311 e. The second kappa shape index (κ2) is 12.5. The average Bonchev–Trinajstić information content (AvgIpc) is 2.89. The van der Waals surface area contributed by atoms with Crippen LogP contribution in [0.4, 0.5) is 5.69 Å². The van der Waals surface area contributed by atoms with Gasteiger partial charge in [-0.25, -0.2) is 0 Å². The van der Waals surface area contributed by atoms with Crippen LogP contribution in [0.1, 0.15) is 74.0 Å². The number of halogens is 1. The van der Waals surface area contributed by atoms with Gasteiger partial charge in [-0.1, -0.05) is 43.0 Å². The Bertz CT molecular complexity index is 1070. The first kappa shape index (κ1) is 26.3. The number of ether oxygens (including phenoxy) is 1. The Balaban J connectivity index is 1.71. The topological polar surface area (TPSA) is 70.1 Å². The van der Waals surface area contributed by atoms with E-state index in [1.165, 1.54) is 5.56 Å². The Labute approximate surface area is 219 Å². The van der Waals surface area contributed by atoms with Crippen molar-refractivity contribution in [1.82, 2.24) is 4.90 Å². The third kappa shape index (κ3) is 6.73. The van der Waals surface area contributed by atoms with Crippen LogP contribution in [0.5, 0.6) is 5.75 Å². The number of carbonyl (C=O) groups is 2. The number of hydrogen-bond acceptors (Lipinski definition) is 4. The van der Waals surface area contributed by atoms with Gasteiger partial charge in [0.2, 0.25) is 5.91 Å². The van der Waals surface area contributed by atoms with Crippen LogP contribution in [0.25, 0.3) is 0 Å². The third-order valence-corrected chi connectivity index (χ3v) is 7.66. The molecule has 1 atom stereocenters. The van der Waals surface area contributed by atoms with Gasteiger partial charge in [-0.15, -0.1) is 0 Å². The fourth-order valence-electron chi connectivity index (χ4n) is 5.20. The number of anilines is 1. The highest BCUT2D eigenvalue weighted by Gasteiger charge is 2.27. The molecule has 2 aromatic rings. The van der Waals surface area contributed by atoms with E-state index in [1.807, 2.05) is 36.4 Å². The van der Waals surface area contributed by atoms with E-state index in [1.54, 1.807) is 11.9 Å². The molecule has 2 bridgehead atoms. The largest absolute Gasteiger partial charge is 0.487 e. The Morgan fingerprint density at radius 3 is 2.44 bits per heavy atom. The van der Waals surface area contributed by atoms with Gasteiger partial charge in [0, 0.05) is 38.1 Å². The number of aryl methyl sites for hydroxylation is 1. The smallest absolute Gasteiger partial charge is 0.311 e. The summed E-state index contributed by atoms with van der Waals surface area (Å²) in [5, 5.41) is 10.8.